The van der Waals surface area contributed by atoms with E-state index in [1.54, 1.807) is 12.1 Å². The van der Waals surface area contributed by atoms with E-state index in [1.807, 2.05) is 0 Å². The Morgan fingerprint density at radius 3 is 2.68 bits per heavy atom. The van der Waals surface area contributed by atoms with Gasteiger partial charge in [0.2, 0.25) is 0 Å². The number of benzene rings is 1. The van der Waals surface area contributed by atoms with Gasteiger partial charge in [-0.15, -0.1) is 0 Å². The van der Waals surface area contributed by atoms with Crippen LogP contribution in [-0.2, 0) is 0 Å². The molecule has 1 fully saturated rings. The van der Waals surface area contributed by atoms with Crippen molar-refractivity contribution in [1.82, 2.24) is 5.32 Å². The molecule has 0 aliphatic heterocycles. The molecule has 0 heterocycles. The maximum Gasteiger partial charge on any atom is 0.251 e. The minimum atomic E-state index is -0.505. The van der Waals surface area contributed by atoms with Crippen molar-refractivity contribution in [3.63, 3.8) is 0 Å². The first-order valence-electron chi connectivity index (χ1n) is 6.77. The number of carbonyl (C=O) groups is 1. The number of nitrogens with one attached hydrogen (secondary N) is 1. The minimum absolute atomic E-state index is 0.0374. The largest absolute Gasteiger partial charge is 0.508 e. The number of phenols is 1. The summed E-state index contributed by atoms with van der Waals surface area (Å²) in [6.07, 6.45) is 3.63. The second kappa shape index (κ2) is 5.61. The minimum Gasteiger partial charge on any atom is -0.508 e. The molecule has 0 spiro atoms. The molecule has 19 heavy (non-hydrogen) atoms. The van der Waals surface area contributed by atoms with Crippen LogP contribution in [0.15, 0.2) is 24.3 Å². The molecule has 0 unspecified atom stereocenters. The lowest BCUT2D eigenvalue weighted by atomic mass is 9.77. The van der Waals surface area contributed by atoms with Gasteiger partial charge in [0.15, 0.2) is 0 Å². The van der Waals surface area contributed by atoms with E-state index in [0.717, 1.165) is 25.7 Å². The van der Waals surface area contributed by atoms with Crippen molar-refractivity contribution in [1.29, 1.82) is 0 Å². The average Bonchev–Trinajstić information content (AvgIpc) is 2.42. The van der Waals surface area contributed by atoms with Crippen LogP contribution in [0.5, 0.6) is 5.75 Å². The predicted molar refractivity (Wildman–Crippen MR) is 73.0 cm³/mol. The Bertz CT molecular complexity index is 450. The van der Waals surface area contributed by atoms with Crippen molar-refractivity contribution in [2.24, 2.45) is 5.92 Å². The molecule has 0 aromatic heterocycles. The summed E-state index contributed by atoms with van der Waals surface area (Å²) in [4.78, 5) is 12.2. The van der Waals surface area contributed by atoms with Crippen molar-refractivity contribution in [3.05, 3.63) is 29.8 Å². The Balaban J connectivity index is 2.08. The maximum absolute atomic E-state index is 12.2. The Morgan fingerprint density at radius 2 is 2.11 bits per heavy atom. The summed E-state index contributed by atoms with van der Waals surface area (Å²) in [5.41, 5.74) is -0.0823. The molecule has 1 aromatic rings. The molecule has 104 valence electrons. The summed E-state index contributed by atoms with van der Waals surface area (Å²) in [5.74, 6) is 0.486. The average molecular weight is 263 g/mol. The van der Waals surface area contributed by atoms with Crippen LogP contribution in [0.2, 0.25) is 0 Å². The smallest absolute Gasteiger partial charge is 0.251 e. The van der Waals surface area contributed by atoms with E-state index in [9.17, 15) is 15.0 Å². The van der Waals surface area contributed by atoms with Crippen molar-refractivity contribution in [2.45, 2.75) is 38.1 Å². The van der Waals surface area contributed by atoms with Crippen LogP contribution < -0.4 is 5.32 Å². The molecule has 1 aliphatic rings. The van der Waals surface area contributed by atoms with E-state index in [0.29, 0.717) is 11.5 Å². The van der Waals surface area contributed by atoms with Crippen molar-refractivity contribution >= 4 is 5.91 Å². The summed E-state index contributed by atoms with van der Waals surface area (Å²) in [6, 6.07) is 6.26. The van der Waals surface area contributed by atoms with Gasteiger partial charge in [-0.3, -0.25) is 4.79 Å². The van der Waals surface area contributed by atoms with Gasteiger partial charge in [0.05, 0.1) is 12.1 Å². The third kappa shape index (κ3) is 3.26. The molecule has 1 aliphatic carbocycles. The SMILES string of the molecule is CC1CCC(CO)(NC(=O)c2cccc(O)c2)CC1. The third-order valence-electron chi connectivity index (χ3n) is 4.02. The first-order valence-corrected chi connectivity index (χ1v) is 6.77. The summed E-state index contributed by atoms with van der Waals surface area (Å²) >= 11 is 0. The Morgan fingerprint density at radius 1 is 1.42 bits per heavy atom. The zero-order chi connectivity index (χ0) is 13.9. The first-order chi connectivity index (χ1) is 9.04. The second-order valence-corrected chi connectivity index (χ2v) is 5.63. The Hall–Kier alpha value is -1.55. The number of amides is 1. The molecule has 0 atom stereocenters. The zero-order valence-corrected chi connectivity index (χ0v) is 11.2. The second-order valence-electron chi connectivity index (χ2n) is 5.63. The van der Waals surface area contributed by atoms with Gasteiger partial charge in [0.1, 0.15) is 5.75 Å². The van der Waals surface area contributed by atoms with E-state index in [1.165, 1.54) is 12.1 Å². The monoisotopic (exact) mass is 263 g/mol. The molecule has 0 radical (unpaired) electrons. The lowest BCUT2D eigenvalue weighted by Gasteiger charge is -2.38. The van der Waals surface area contributed by atoms with E-state index in [-0.39, 0.29) is 18.3 Å². The van der Waals surface area contributed by atoms with Crippen molar-refractivity contribution < 1.29 is 15.0 Å². The lowest BCUT2D eigenvalue weighted by molar-refractivity contribution is 0.0717. The fourth-order valence-electron chi connectivity index (χ4n) is 2.60. The fraction of sp³-hybridized carbons (Fsp3) is 0.533. The van der Waals surface area contributed by atoms with E-state index in [4.69, 9.17) is 0 Å². The number of rotatable bonds is 3. The third-order valence-corrected chi connectivity index (χ3v) is 4.02. The first kappa shape index (κ1) is 13.9. The molecule has 1 saturated carbocycles. The van der Waals surface area contributed by atoms with Gasteiger partial charge >= 0.3 is 0 Å². The van der Waals surface area contributed by atoms with Gasteiger partial charge in [-0.2, -0.15) is 0 Å². The van der Waals surface area contributed by atoms with Gasteiger partial charge in [-0.25, -0.2) is 0 Å². The highest BCUT2D eigenvalue weighted by molar-refractivity contribution is 5.95. The number of hydrogen-bond acceptors (Lipinski definition) is 3. The highest BCUT2D eigenvalue weighted by atomic mass is 16.3. The molecule has 3 N–H and O–H groups in total. The summed E-state index contributed by atoms with van der Waals surface area (Å²) in [7, 11) is 0. The highest BCUT2D eigenvalue weighted by Crippen LogP contribution is 2.31. The molecule has 0 saturated heterocycles. The van der Waals surface area contributed by atoms with Crippen LogP contribution >= 0.6 is 0 Å². The molecule has 0 bridgehead atoms. The topological polar surface area (TPSA) is 69.6 Å². The number of aliphatic hydroxyl groups is 1. The number of phenolic OH excluding ortho intramolecular Hbond substituents is 1. The molecule has 1 aromatic carbocycles. The lowest BCUT2D eigenvalue weighted by Crippen LogP contribution is -2.53. The number of aliphatic hydroxyl groups excluding tert-OH is 1. The molecular weight excluding hydrogens is 242 g/mol. The summed E-state index contributed by atoms with van der Waals surface area (Å²) in [6.45, 7) is 2.16. The molecular formula is C15H21NO3. The van der Waals surface area contributed by atoms with Gasteiger partial charge < -0.3 is 15.5 Å². The van der Waals surface area contributed by atoms with Gasteiger partial charge in [-0.05, 0) is 49.8 Å². The van der Waals surface area contributed by atoms with Gasteiger partial charge in [0, 0.05) is 5.56 Å². The van der Waals surface area contributed by atoms with Crippen molar-refractivity contribution in [3.8, 4) is 5.75 Å². The maximum atomic E-state index is 12.2. The number of hydrogen-bond donors (Lipinski definition) is 3. The van der Waals surface area contributed by atoms with Crippen LogP contribution in [0.4, 0.5) is 0 Å². The summed E-state index contributed by atoms with van der Waals surface area (Å²) in [5, 5.41) is 22.0. The fourth-order valence-corrected chi connectivity index (χ4v) is 2.60. The van der Waals surface area contributed by atoms with E-state index >= 15 is 0 Å². The standard InChI is InChI=1S/C15H21NO3/c1-11-5-7-15(10-17,8-6-11)16-14(19)12-3-2-4-13(18)9-12/h2-4,9,11,17-18H,5-8,10H2,1H3,(H,16,19). The van der Waals surface area contributed by atoms with Crippen LogP contribution in [0.1, 0.15) is 43.0 Å². The normalized spacial score (nSPS) is 26.9. The Kier molecular flexibility index (Phi) is 4.10. The van der Waals surface area contributed by atoms with Crippen LogP contribution in [-0.4, -0.2) is 28.3 Å². The van der Waals surface area contributed by atoms with E-state index < -0.39 is 5.54 Å². The number of carbonyl (C=O) groups excluding carboxylic acids is 1. The van der Waals surface area contributed by atoms with E-state index in [2.05, 4.69) is 12.2 Å². The number of aromatic hydroxyl groups is 1. The van der Waals surface area contributed by atoms with Gasteiger partial charge in [-0.1, -0.05) is 13.0 Å². The quantitative estimate of drug-likeness (QED) is 0.782. The zero-order valence-electron chi connectivity index (χ0n) is 11.2. The highest BCUT2D eigenvalue weighted by Gasteiger charge is 2.35. The molecule has 1 amide bonds. The molecule has 4 nitrogen and oxygen atoms in total. The van der Waals surface area contributed by atoms with Crippen molar-refractivity contribution in [2.75, 3.05) is 6.61 Å². The van der Waals surface area contributed by atoms with Gasteiger partial charge in [0.25, 0.3) is 5.91 Å². The van der Waals surface area contributed by atoms with Crippen LogP contribution in [0, 0.1) is 5.92 Å². The van der Waals surface area contributed by atoms with Crippen LogP contribution in [0.25, 0.3) is 0 Å². The summed E-state index contributed by atoms with van der Waals surface area (Å²) < 4.78 is 0. The van der Waals surface area contributed by atoms with Crippen LogP contribution in [0.3, 0.4) is 0 Å². The molecule has 4 heteroatoms. The Labute approximate surface area is 113 Å². The molecule has 2 rings (SSSR count). The predicted octanol–water partition coefficient (Wildman–Crippen LogP) is 2.06.